The Morgan fingerprint density at radius 1 is 1.10 bits per heavy atom. The number of anilines is 1. The van der Waals surface area contributed by atoms with Crippen LogP contribution in [0.25, 0.3) is 11.0 Å². The van der Waals surface area contributed by atoms with E-state index in [1.54, 1.807) is 36.4 Å². The quantitative estimate of drug-likeness (QED) is 0.454. The largest absolute Gasteiger partial charge is 0.494 e. The molecule has 2 aromatic carbocycles. The number of hydrogen-bond donors (Lipinski definition) is 0. The third-order valence-electron chi connectivity index (χ3n) is 5.22. The third-order valence-corrected chi connectivity index (χ3v) is 5.44. The summed E-state index contributed by atoms with van der Waals surface area (Å²) in [4.78, 5) is 32.7. The van der Waals surface area contributed by atoms with E-state index in [4.69, 9.17) is 20.8 Å². The number of carbonyl (C=O) groups is 1. The van der Waals surface area contributed by atoms with Crippen LogP contribution >= 0.6 is 11.6 Å². The molecule has 0 spiro atoms. The molecule has 1 aliphatic rings. The summed E-state index contributed by atoms with van der Waals surface area (Å²) < 4.78 is 11.6. The van der Waals surface area contributed by atoms with Crippen LogP contribution in [-0.4, -0.2) is 17.5 Å². The molecule has 3 heterocycles. The van der Waals surface area contributed by atoms with Gasteiger partial charge in [-0.2, -0.15) is 0 Å². The predicted molar refractivity (Wildman–Crippen MR) is 118 cm³/mol. The summed E-state index contributed by atoms with van der Waals surface area (Å²) >= 11 is 6.00. The summed E-state index contributed by atoms with van der Waals surface area (Å²) in [6.07, 6.45) is 1.46. The Hall–Kier alpha value is -3.64. The Kier molecular flexibility index (Phi) is 4.71. The van der Waals surface area contributed by atoms with Crippen LogP contribution in [0.5, 0.6) is 5.75 Å². The van der Waals surface area contributed by atoms with E-state index in [9.17, 15) is 9.59 Å². The molecule has 0 bridgehead atoms. The zero-order chi connectivity index (χ0) is 21.5. The Morgan fingerprint density at radius 3 is 2.71 bits per heavy atom. The monoisotopic (exact) mass is 432 g/mol. The molecule has 1 unspecified atom stereocenters. The summed E-state index contributed by atoms with van der Waals surface area (Å²) in [5, 5.41) is 0.869. The molecular weight excluding hydrogens is 416 g/mol. The molecule has 0 aliphatic carbocycles. The van der Waals surface area contributed by atoms with Gasteiger partial charge in [-0.15, -0.1) is 0 Å². The molecule has 0 saturated carbocycles. The average molecular weight is 433 g/mol. The lowest BCUT2D eigenvalue weighted by Crippen LogP contribution is -2.30. The molecule has 0 fully saturated rings. The second-order valence-electron chi connectivity index (χ2n) is 7.09. The topological polar surface area (TPSA) is 72.6 Å². The molecular formula is C24H17ClN2O4. The number of fused-ring (bicyclic) bond motifs is 2. The van der Waals surface area contributed by atoms with Crippen molar-refractivity contribution in [1.82, 2.24) is 4.98 Å². The van der Waals surface area contributed by atoms with E-state index in [0.717, 1.165) is 5.56 Å². The number of amides is 1. The van der Waals surface area contributed by atoms with Crippen LogP contribution in [0, 0.1) is 0 Å². The maximum absolute atomic E-state index is 13.5. The third kappa shape index (κ3) is 3.16. The van der Waals surface area contributed by atoms with E-state index >= 15 is 0 Å². The first-order valence-corrected chi connectivity index (χ1v) is 10.2. The highest BCUT2D eigenvalue weighted by Gasteiger charge is 2.44. The van der Waals surface area contributed by atoms with Crippen molar-refractivity contribution in [2.24, 2.45) is 0 Å². The maximum Gasteiger partial charge on any atom is 0.296 e. The Morgan fingerprint density at radius 2 is 1.94 bits per heavy atom. The second kappa shape index (κ2) is 7.56. The van der Waals surface area contributed by atoms with Crippen LogP contribution in [-0.2, 0) is 0 Å². The summed E-state index contributed by atoms with van der Waals surface area (Å²) in [5.74, 6) is 0.609. The smallest absolute Gasteiger partial charge is 0.296 e. The second-order valence-corrected chi connectivity index (χ2v) is 7.52. The van der Waals surface area contributed by atoms with E-state index in [-0.39, 0.29) is 16.8 Å². The Bertz CT molecular complexity index is 1360. The van der Waals surface area contributed by atoms with E-state index in [0.29, 0.717) is 34.2 Å². The fourth-order valence-corrected chi connectivity index (χ4v) is 4.03. The van der Waals surface area contributed by atoms with Gasteiger partial charge in [-0.25, -0.2) is 4.98 Å². The van der Waals surface area contributed by atoms with E-state index in [1.165, 1.54) is 11.1 Å². The van der Waals surface area contributed by atoms with Crippen LogP contribution in [0.15, 0.2) is 76.1 Å². The summed E-state index contributed by atoms with van der Waals surface area (Å²) in [6, 6.07) is 16.8. The molecule has 1 amide bonds. The Labute approximate surface area is 182 Å². The SMILES string of the molecule is CCOc1cccc(C2c3c(oc4ccccc4c3=O)C(=O)N2c2ccc(Cl)cn2)c1. The fourth-order valence-electron chi connectivity index (χ4n) is 3.92. The van der Waals surface area contributed by atoms with Crippen LogP contribution in [0.3, 0.4) is 0 Å². The molecule has 0 saturated heterocycles. The van der Waals surface area contributed by atoms with Gasteiger partial charge in [-0.05, 0) is 48.9 Å². The van der Waals surface area contributed by atoms with Gasteiger partial charge in [0.25, 0.3) is 5.91 Å². The lowest BCUT2D eigenvalue weighted by atomic mass is 9.98. The van der Waals surface area contributed by atoms with Crippen LogP contribution < -0.4 is 15.1 Å². The van der Waals surface area contributed by atoms with Gasteiger partial charge in [0.05, 0.1) is 28.6 Å². The van der Waals surface area contributed by atoms with Gasteiger partial charge < -0.3 is 9.15 Å². The summed E-state index contributed by atoms with van der Waals surface area (Å²) in [6.45, 7) is 2.39. The van der Waals surface area contributed by atoms with Crippen molar-refractivity contribution < 1.29 is 13.9 Å². The Balaban J connectivity index is 1.78. The van der Waals surface area contributed by atoms with Gasteiger partial charge in [0.2, 0.25) is 5.76 Å². The molecule has 31 heavy (non-hydrogen) atoms. The van der Waals surface area contributed by atoms with Gasteiger partial charge in [-0.1, -0.05) is 35.9 Å². The molecule has 154 valence electrons. The highest BCUT2D eigenvalue weighted by atomic mass is 35.5. The fraction of sp³-hybridized carbons (Fsp3) is 0.125. The molecule has 7 heteroatoms. The number of carbonyl (C=O) groups excluding carboxylic acids is 1. The molecule has 1 aliphatic heterocycles. The first-order valence-electron chi connectivity index (χ1n) is 9.82. The number of ether oxygens (including phenoxy) is 1. The van der Waals surface area contributed by atoms with Crippen molar-refractivity contribution >= 4 is 34.3 Å². The number of aromatic nitrogens is 1. The van der Waals surface area contributed by atoms with Gasteiger partial charge in [0, 0.05) is 6.20 Å². The molecule has 6 nitrogen and oxygen atoms in total. The van der Waals surface area contributed by atoms with E-state index < -0.39 is 11.9 Å². The highest BCUT2D eigenvalue weighted by Crippen LogP contribution is 2.41. The van der Waals surface area contributed by atoms with Crippen molar-refractivity contribution in [3.63, 3.8) is 0 Å². The molecule has 0 radical (unpaired) electrons. The van der Waals surface area contributed by atoms with Crippen LogP contribution in [0.1, 0.15) is 34.6 Å². The molecule has 5 rings (SSSR count). The molecule has 0 N–H and O–H groups in total. The normalized spacial score (nSPS) is 15.4. The summed E-state index contributed by atoms with van der Waals surface area (Å²) in [7, 11) is 0. The maximum atomic E-state index is 13.5. The number of halogens is 1. The number of hydrogen-bond acceptors (Lipinski definition) is 5. The lowest BCUT2D eigenvalue weighted by Gasteiger charge is -2.24. The molecule has 2 aromatic heterocycles. The van der Waals surface area contributed by atoms with Gasteiger partial charge >= 0.3 is 0 Å². The van der Waals surface area contributed by atoms with Gasteiger partial charge in [0.1, 0.15) is 17.2 Å². The minimum Gasteiger partial charge on any atom is -0.494 e. The van der Waals surface area contributed by atoms with Crippen LogP contribution in [0.2, 0.25) is 5.02 Å². The van der Waals surface area contributed by atoms with Crippen molar-refractivity contribution in [3.8, 4) is 5.75 Å². The van der Waals surface area contributed by atoms with E-state index in [1.807, 2.05) is 31.2 Å². The standard InChI is InChI=1S/C24H17ClN2O4/c1-2-30-16-7-5-6-14(12-16)21-20-22(28)17-8-3-4-9-18(17)31-23(20)24(29)27(21)19-11-10-15(25)13-26-19/h3-13,21H,2H2,1H3. The molecule has 4 aromatic rings. The molecule has 1 atom stereocenters. The van der Waals surface area contributed by atoms with Gasteiger partial charge in [0.15, 0.2) is 5.43 Å². The zero-order valence-corrected chi connectivity index (χ0v) is 17.3. The van der Waals surface area contributed by atoms with Crippen LogP contribution in [0.4, 0.5) is 5.82 Å². The van der Waals surface area contributed by atoms with E-state index in [2.05, 4.69) is 4.98 Å². The van der Waals surface area contributed by atoms with Crippen molar-refractivity contribution in [2.45, 2.75) is 13.0 Å². The number of para-hydroxylation sites is 1. The minimum atomic E-state index is -0.711. The predicted octanol–water partition coefficient (Wildman–Crippen LogP) is 4.99. The number of rotatable bonds is 4. The first kappa shape index (κ1) is 19.3. The van der Waals surface area contributed by atoms with Crippen molar-refractivity contribution in [3.05, 3.63) is 99.0 Å². The number of pyridine rings is 1. The van der Waals surface area contributed by atoms with Crippen molar-refractivity contribution in [2.75, 3.05) is 11.5 Å². The minimum absolute atomic E-state index is 0.0206. The zero-order valence-electron chi connectivity index (χ0n) is 16.5. The average Bonchev–Trinajstić information content (AvgIpc) is 3.08. The number of nitrogens with zero attached hydrogens (tertiary/aromatic N) is 2. The van der Waals surface area contributed by atoms with Gasteiger partial charge in [-0.3, -0.25) is 14.5 Å². The first-order chi connectivity index (χ1) is 15.1. The summed E-state index contributed by atoms with van der Waals surface area (Å²) in [5.41, 5.74) is 1.13. The number of benzene rings is 2. The lowest BCUT2D eigenvalue weighted by molar-refractivity contribution is 0.0970. The highest BCUT2D eigenvalue weighted by molar-refractivity contribution is 6.30. The van der Waals surface area contributed by atoms with Crippen molar-refractivity contribution in [1.29, 1.82) is 0 Å².